The summed E-state index contributed by atoms with van der Waals surface area (Å²) in [5.41, 5.74) is 1.80. The maximum Gasteiger partial charge on any atom is 0.272 e. The molecule has 1 aliphatic rings. The summed E-state index contributed by atoms with van der Waals surface area (Å²) < 4.78 is 8.54. The number of hydrogen-bond donors (Lipinski definition) is 1. The van der Waals surface area contributed by atoms with Crippen molar-refractivity contribution in [1.82, 2.24) is 9.55 Å². The third-order valence-electron chi connectivity index (χ3n) is 3.78. The number of benzene rings is 1. The molecule has 1 aromatic carbocycles. The minimum absolute atomic E-state index is 0.0227. The van der Waals surface area contributed by atoms with Gasteiger partial charge in [0.2, 0.25) is 0 Å². The van der Waals surface area contributed by atoms with Crippen LogP contribution in [0, 0.1) is 4.77 Å². The normalized spacial score (nSPS) is 17.4. The molecule has 0 radical (unpaired) electrons. The molecular formula is C15H12N2O2S2. The number of ether oxygens (including phenoxy) is 1. The maximum atomic E-state index is 12.8. The standard InChI is InChI=1S/C15H12N2O2S2/c18-14-13-10(6-8-21-13)16-15(20)17(14)11-5-7-19-12-4-2-1-3-9(11)12/h1-4,6,8,11H,5,7H2,(H,16,20). The summed E-state index contributed by atoms with van der Waals surface area (Å²) in [6.45, 7) is 0.589. The van der Waals surface area contributed by atoms with Crippen LogP contribution in [-0.2, 0) is 0 Å². The van der Waals surface area contributed by atoms with Crippen LogP contribution in [0.1, 0.15) is 18.0 Å². The molecule has 3 aromatic rings. The van der Waals surface area contributed by atoms with Gasteiger partial charge < -0.3 is 9.72 Å². The molecule has 0 saturated carbocycles. The van der Waals surface area contributed by atoms with Crippen LogP contribution in [0.4, 0.5) is 0 Å². The molecule has 4 rings (SSSR count). The Hall–Kier alpha value is -1.92. The highest BCUT2D eigenvalue weighted by molar-refractivity contribution is 7.71. The van der Waals surface area contributed by atoms with Gasteiger partial charge in [-0.3, -0.25) is 9.36 Å². The van der Waals surface area contributed by atoms with Gasteiger partial charge in [0, 0.05) is 12.0 Å². The van der Waals surface area contributed by atoms with Gasteiger partial charge in [-0.1, -0.05) is 18.2 Å². The summed E-state index contributed by atoms with van der Waals surface area (Å²) in [6, 6.07) is 9.65. The van der Waals surface area contributed by atoms with E-state index in [4.69, 9.17) is 17.0 Å². The quantitative estimate of drug-likeness (QED) is 0.699. The number of rotatable bonds is 1. The zero-order chi connectivity index (χ0) is 14.4. The van der Waals surface area contributed by atoms with Crippen LogP contribution in [-0.4, -0.2) is 16.2 Å². The van der Waals surface area contributed by atoms with Crippen molar-refractivity contribution in [3.63, 3.8) is 0 Å². The molecule has 2 aromatic heterocycles. The molecule has 1 atom stereocenters. The van der Waals surface area contributed by atoms with Crippen molar-refractivity contribution in [2.24, 2.45) is 0 Å². The zero-order valence-corrected chi connectivity index (χ0v) is 12.7. The number of fused-ring (bicyclic) bond motifs is 2. The molecule has 4 nitrogen and oxygen atoms in total. The van der Waals surface area contributed by atoms with Crippen molar-refractivity contribution in [2.75, 3.05) is 6.61 Å². The molecule has 1 unspecified atom stereocenters. The second-order valence-electron chi connectivity index (χ2n) is 4.96. The van der Waals surface area contributed by atoms with E-state index in [1.54, 1.807) is 4.57 Å². The van der Waals surface area contributed by atoms with Crippen molar-refractivity contribution in [3.05, 3.63) is 56.4 Å². The van der Waals surface area contributed by atoms with Gasteiger partial charge in [0.05, 0.1) is 18.2 Å². The Bertz CT molecular complexity index is 938. The minimum atomic E-state index is -0.0716. The molecule has 6 heteroatoms. The summed E-state index contributed by atoms with van der Waals surface area (Å²) in [5, 5.41) is 1.90. The van der Waals surface area contributed by atoms with Crippen LogP contribution < -0.4 is 10.3 Å². The van der Waals surface area contributed by atoms with E-state index in [9.17, 15) is 4.79 Å². The van der Waals surface area contributed by atoms with Crippen LogP contribution in [0.2, 0.25) is 0 Å². The molecule has 21 heavy (non-hydrogen) atoms. The third-order valence-corrected chi connectivity index (χ3v) is 4.98. The van der Waals surface area contributed by atoms with E-state index in [2.05, 4.69) is 4.98 Å². The molecule has 0 saturated heterocycles. The van der Waals surface area contributed by atoms with Gasteiger partial charge in [-0.2, -0.15) is 0 Å². The molecule has 0 spiro atoms. The average Bonchev–Trinajstić information content (AvgIpc) is 2.96. The van der Waals surface area contributed by atoms with Gasteiger partial charge in [-0.05, 0) is 29.7 Å². The summed E-state index contributed by atoms with van der Waals surface area (Å²) in [4.78, 5) is 15.9. The SMILES string of the molecule is O=c1c2sccc2[nH]c(=S)n1C1CCOc2ccccc21. The van der Waals surface area contributed by atoms with Gasteiger partial charge in [0.1, 0.15) is 10.4 Å². The molecule has 0 aliphatic carbocycles. The number of para-hydroxylation sites is 1. The van der Waals surface area contributed by atoms with Gasteiger partial charge in [0.25, 0.3) is 5.56 Å². The zero-order valence-electron chi connectivity index (χ0n) is 11.0. The van der Waals surface area contributed by atoms with E-state index in [-0.39, 0.29) is 11.6 Å². The number of aromatic nitrogens is 2. The number of aromatic amines is 1. The van der Waals surface area contributed by atoms with Crippen LogP contribution in [0.3, 0.4) is 0 Å². The Morgan fingerprint density at radius 3 is 3.10 bits per heavy atom. The first-order valence-electron chi connectivity index (χ1n) is 6.69. The van der Waals surface area contributed by atoms with Crippen LogP contribution in [0.25, 0.3) is 10.2 Å². The minimum Gasteiger partial charge on any atom is -0.493 e. The lowest BCUT2D eigenvalue weighted by molar-refractivity contribution is 0.253. The van der Waals surface area contributed by atoms with E-state index < -0.39 is 0 Å². The van der Waals surface area contributed by atoms with E-state index >= 15 is 0 Å². The summed E-state index contributed by atoms with van der Waals surface area (Å²) in [7, 11) is 0. The molecule has 0 bridgehead atoms. The van der Waals surface area contributed by atoms with Crippen LogP contribution in [0.5, 0.6) is 5.75 Å². The van der Waals surface area contributed by atoms with E-state index in [1.807, 2.05) is 35.7 Å². The van der Waals surface area contributed by atoms with Crippen LogP contribution in [0.15, 0.2) is 40.5 Å². The molecule has 0 fully saturated rings. The van der Waals surface area contributed by atoms with Crippen molar-refractivity contribution < 1.29 is 4.74 Å². The number of H-pyrrole nitrogens is 1. The summed E-state index contributed by atoms with van der Waals surface area (Å²) in [5.74, 6) is 0.835. The average molecular weight is 316 g/mol. The summed E-state index contributed by atoms with van der Waals surface area (Å²) >= 11 is 6.85. The second-order valence-corrected chi connectivity index (χ2v) is 6.26. The van der Waals surface area contributed by atoms with Crippen molar-refractivity contribution in [2.45, 2.75) is 12.5 Å². The highest BCUT2D eigenvalue weighted by atomic mass is 32.1. The van der Waals surface area contributed by atoms with Gasteiger partial charge in [-0.25, -0.2) is 0 Å². The number of thiophene rings is 1. The lowest BCUT2D eigenvalue weighted by Gasteiger charge is -2.27. The fourth-order valence-corrected chi connectivity index (χ4v) is 3.93. The molecule has 3 heterocycles. The van der Waals surface area contributed by atoms with Gasteiger partial charge >= 0.3 is 0 Å². The largest absolute Gasteiger partial charge is 0.493 e. The van der Waals surface area contributed by atoms with Crippen molar-refractivity contribution in [1.29, 1.82) is 0 Å². The number of nitrogens with one attached hydrogen (secondary N) is 1. The predicted octanol–water partition coefficient (Wildman–Crippen LogP) is 3.49. The molecule has 106 valence electrons. The highest BCUT2D eigenvalue weighted by Gasteiger charge is 2.25. The van der Waals surface area contributed by atoms with Crippen LogP contribution >= 0.6 is 23.6 Å². The molecular weight excluding hydrogens is 304 g/mol. The molecule has 0 amide bonds. The summed E-state index contributed by atoms with van der Waals surface area (Å²) in [6.07, 6.45) is 0.741. The first-order valence-corrected chi connectivity index (χ1v) is 7.98. The predicted molar refractivity (Wildman–Crippen MR) is 86.0 cm³/mol. The first-order chi connectivity index (χ1) is 10.3. The lowest BCUT2D eigenvalue weighted by Crippen LogP contribution is -2.30. The number of nitrogens with zero attached hydrogens (tertiary/aromatic N) is 1. The monoisotopic (exact) mass is 316 g/mol. The Morgan fingerprint density at radius 1 is 1.33 bits per heavy atom. The van der Waals surface area contributed by atoms with E-state index in [0.29, 0.717) is 16.1 Å². The third kappa shape index (κ3) is 1.94. The lowest BCUT2D eigenvalue weighted by atomic mass is 10.0. The fraction of sp³-hybridized carbons (Fsp3) is 0.200. The van der Waals surface area contributed by atoms with Crippen molar-refractivity contribution >= 4 is 33.8 Å². The Balaban J connectivity index is 2.00. The van der Waals surface area contributed by atoms with E-state index in [0.717, 1.165) is 23.3 Å². The Kier molecular flexibility index (Phi) is 2.94. The molecule has 1 aliphatic heterocycles. The van der Waals surface area contributed by atoms with Gasteiger partial charge in [-0.15, -0.1) is 11.3 Å². The number of hydrogen-bond acceptors (Lipinski definition) is 4. The Labute approximate surface area is 129 Å². The Morgan fingerprint density at radius 2 is 2.19 bits per heavy atom. The molecule has 1 N–H and O–H groups in total. The first kappa shape index (κ1) is 12.8. The maximum absolute atomic E-state index is 12.8. The van der Waals surface area contributed by atoms with Gasteiger partial charge in [0.15, 0.2) is 4.77 Å². The van der Waals surface area contributed by atoms with Crippen molar-refractivity contribution in [3.8, 4) is 5.75 Å². The van der Waals surface area contributed by atoms with E-state index in [1.165, 1.54) is 11.3 Å². The fourth-order valence-electron chi connectivity index (χ4n) is 2.82. The highest BCUT2D eigenvalue weighted by Crippen LogP contribution is 2.34. The topological polar surface area (TPSA) is 47.0 Å². The smallest absolute Gasteiger partial charge is 0.272 e. The second kappa shape index (κ2) is 4.82.